The lowest BCUT2D eigenvalue weighted by molar-refractivity contribution is -0.0645. The average molecular weight is 303 g/mol. The summed E-state index contributed by atoms with van der Waals surface area (Å²) in [6.45, 7) is 0. The standard InChI is InChI=1S/C15H10FNO3.CH4O/c1-20-17-14(18)12-6-5-10(8-13(12)15(17)19)9-3-2-4-11(16)7-9;1-2/h2-8H,1H3;2H,1H3. The number of rotatable bonds is 2. The molecule has 0 saturated heterocycles. The molecule has 3 rings (SSSR count). The van der Waals surface area contributed by atoms with Crippen molar-refractivity contribution in [2.75, 3.05) is 14.2 Å². The van der Waals surface area contributed by atoms with Gasteiger partial charge in [0.1, 0.15) is 5.82 Å². The van der Waals surface area contributed by atoms with Gasteiger partial charge < -0.3 is 5.11 Å². The molecule has 2 amide bonds. The molecule has 6 heteroatoms. The molecule has 5 nitrogen and oxygen atoms in total. The zero-order valence-corrected chi connectivity index (χ0v) is 12.0. The Morgan fingerprint density at radius 2 is 1.59 bits per heavy atom. The first kappa shape index (κ1) is 15.8. The van der Waals surface area contributed by atoms with E-state index in [-0.39, 0.29) is 16.9 Å². The van der Waals surface area contributed by atoms with Gasteiger partial charge in [0.2, 0.25) is 0 Å². The van der Waals surface area contributed by atoms with Crippen molar-refractivity contribution in [3.63, 3.8) is 0 Å². The molecule has 0 spiro atoms. The maximum absolute atomic E-state index is 13.2. The summed E-state index contributed by atoms with van der Waals surface area (Å²) in [5.41, 5.74) is 1.86. The zero-order valence-electron chi connectivity index (χ0n) is 12.0. The average Bonchev–Trinajstić information content (AvgIpc) is 2.80. The SMILES string of the molecule is CO.CON1C(=O)c2ccc(-c3cccc(F)c3)cc2C1=O. The van der Waals surface area contributed by atoms with Crippen LogP contribution in [0.1, 0.15) is 20.7 Å². The molecule has 0 saturated carbocycles. The second-order valence-corrected chi connectivity index (χ2v) is 4.36. The second kappa shape index (κ2) is 6.46. The molecule has 0 fully saturated rings. The number of carbonyl (C=O) groups excluding carboxylic acids is 2. The lowest BCUT2D eigenvalue weighted by atomic mass is 10.0. The Bertz CT molecular complexity index is 730. The van der Waals surface area contributed by atoms with Crippen molar-refractivity contribution in [3.8, 4) is 11.1 Å². The lowest BCUT2D eigenvalue weighted by Crippen LogP contribution is -2.28. The van der Waals surface area contributed by atoms with Crippen molar-refractivity contribution in [2.24, 2.45) is 0 Å². The number of halogens is 1. The highest BCUT2D eigenvalue weighted by molar-refractivity contribution is 6.20. The first-order valence-corrected chi connectivity index (χ1v) is 6.39. The summed E-state index contributed by atoms with van der Waals surface area (Å²) in [6.07, 6.45) is 0. The fourth-order valence-electron chi connectivity index (χ4n) is 2.23. The van der Waals surface area contributed by atoms with Gasteiger partial charge in [0.25, 0.3) is 11.8 Å². The fourth-order valence-corrected chi connectivity index (χ4v) is 2.23. The van der Waals surface area contributed by atoms with Gasteiger partial charge in [-0.2, -0.15) is 0 Å². The van der Waals surface area contributed by atoms with Crippen LogP contribution in [0.2, 0.25) is 0 Å². The van der Waals surface area contributed by atoms with Gasteiger partial charge in [-0.3, -0.25) is 14.4 Å². The Balaban J connectivity index is 0.000000847. The molecule has 0 aromatic heterocycles. The highest BCUT2D eigenvalue weighted by Gasteiger charge is 2.36. The summed E-state index contributed by atoms with van der Waals surface area (Å²) in [7, 11) is 2.26. The van der Waals surface area contributed by atoms with Crippen LogP contribution in [-0.2, 0) is 4.84 Å². The maximum Gasteiger partial charge on any atom is 0.285 e. The number of hydrogen-bond donors (Lipinski definition) is 1. The quantitative estimate of drug-likeness (QED) is 0.864. The molecule has 0 unspecified atom stereocenters. The number of hydrogen-bond acceptors (Lipinski definition) is 4. The maximum atomic E-state index is 13.2. The summed E-state index contributed by atoms with van der Waals surface area (Å²) in [5.74, 6) is -1.35. The molecular weight excluding hydrogens is 289 g/mol. The van der Waals surface area contributed by atoms with Crippen LogP contribution in [0.25, 0.3) is 11.1 Å². The van der Waals surface area contributed by atoms with Crippen molar-refractivity contribution in [1.82, 2.24) is 5.06 Å². The summed E-state index contributed by atoms with van der Waals surface area (Å²) < 4.78 is 13.2. The van der Waals surface area contributed by atoms with E-state index in [2.05, 4.69) is 0 Å². The Morgan fingerprint density at radius 1 is 0.955 bits per heavy atom. The Morgan fingerprint density at radius 3 is 2.23 bits per heavy atom. The predicted octanol–water partition coefficient (Wildman–Crippen LogP) is 2.26. The number of benzene rings is 2. The van der Waals surface area contributed by atoms with E-state index in [1.54, 1.807) is 30.3 Å². The number of fused-ring (bicyclic) bond motifs is 1. The monoisotopic (exact) mass is 303 g/mol. The van der Waals surface area contributed by atoms with Gasteiger partial charge in [-0.1, -0.05) is 18.2 Å². The van der Waals surface area contributed by atoms with Crippen LogP contribution < -0.4 is 0 Å². The minimum absolute atomic E-state index is 0.263. The third-order valence-corrected chi connectivity index (χ3v) is 3.19. The number of carbonyl (C=O) groups is 2. The van der Waals surface area contributed by atoms with Gasteiger partial charge in [0, 0.05) is 7.11 Å². The molecule has 1 heterocycles. The summed E-state index contributed by atoms with van der Waals surface area (Å²) in [4.78, 5) is 28.6. The molecular formula is C16H14FNO4. The van der Waals surface area contributed by atoms with Crippen LogP contribution in [-0.4, -0.2) is 36.2 Å². The molecule has 114 valence electrons. The van der Waals surface area contributed by atoms with E-state index in [4.69, 9.17) is 9.94 Å². The van der Waals surface area contributed by atoms with Crippen molar-refractivity contribution in [3.05, 3.63) is 59.4 Å². The molecule has 22 heavy (non-hydrogen) atoms. The third-order valence-electron chi connectivity index (χ3n) is 3.19. The first-order valence-electron chi connectivity index (χ1n) is 6.39. The molecule has 2 aromatic rings. The van der Waals surface area contributed by atoms with Crippen molar-refractivity contribution in [2.45, 2.75) is 0 Å². The van der Waals surface area contributed by atoms with E-state index in [9.17, 15) is 14.0 Å². The Labute approximate surface area is 126 Å². The minimum Gasteiger partial charge on any atom is -0.400 e. The highest BCUT2D eigenvalue weighted by Crippen LogP contribution is 2.28. The van der Waals surface area contributed by atoms with E-state index in [0.717, 1.165) is 7.11 Å². The van der Waals surface area contributed by atoms with Crippen LogP contribution in [0.3, 0.4) is 0 Å². The van der Waals surface area contributed by atoms with Crippen LogP contribution in [0.5, 0.6) is 0 Å². The van der Waals surface area contributed by atoms with E-state index < -0.39 is 11.8 Å². The Hall–Kier alpha value is -2.57. The van der Waals surface area contributed by atoms with E-state index >= 15 is 0 Å². The van der Waals surface area contributed by atoms with Gasteiger partial charge in [0.15, 0.2) is 0 Å². The zero-order chi connectivity index (χ0) is 16.3. The summed E-state index contributed by atoms with van der Waals surface area (Å²) in [6, 6.07) is 10.8. The van der Waals surface area contributed by atoms with E-state index in [0.29, 0.717) is 16.2 Å². The fraction of sp³-hybridized carbons (Fsp3) is 0.125. The number of amides is 2. The first-order chi connectivity index (χ1) is 10.6. The molecule has 1 aliphatic rings. The third kappa shape index (κ3) is 2.61. The molecule has 0 aliphatic carbocycles. The Kier molecular flexibility index (Phi) is 4.65. The number of nitrogens with zero attached hydrogens (tertiary/aromatic N) is 1. The van der Waals surface area contributed by atoms with Crippen LogP contribution in [0.15, 0.2) is 42.5 Å². The molecule has 0 bridgehead atoms. The number of aliphatic hydroxyl groups is 1. The van der Waals surface area contributed by atoms with Crippen molar-refractivity contribution in [1.29, 1.82) is 0 Å². The van der Waals surface area contributed by atoms with Gasteiger partial charge in [-0.15, -0.1) is 5.06 Å². The van der Waals surface area contributed by atoms with E-state index in [1.807, 2.05) is 0 Å². The van der Waals surface area contributed by atoms with Crippen molar-refractivity contribution < 1.29 is 23.9 Å². The van der Waals surface area contributed by atoms with Gasteiger partial charge in [0.05, 0.1) is 18.2 Å². The van der Waals surface area contributed by atoms with Gasteiger partial charge in [-0.25, -0.2) is 4.39 Å². The minimum atomic E-state index is -0.509. The number of imide groups is 1. The second-order valence-electron chi connectivity index (χ2n) is 4.36. The van der Waals surface area contributed by atoms with E-state index in [1.165, 1.54) is 19.2 Å². The van der Waals surface area contributed by atoms with Crippen molar-refractivity contribution >= 4 is 11.8 Å². The molecule has 0 radical (unpaired) electrons. The van der Waals surface area contributed by atoms with Crippen LogP contribution in [0.4, 0.5) is 4.39 Å². The topological polar surface area (TPSA) is 66.8 Å². The van der Waals surface area contributed by atoms with Gasteiger partial charge >= 0.3 is 0 Å². The highest BCUT2D eigenvalue weighted by atomic mass is 19.1. The van der Waals surface area contributed by atoms with Crippen LogP contribution >= 0.6 is 0 Å². The normalized spacial score (nSPS) is 12.8. The lowest BCUT2D eigenvalue weighted by Gasteiger charge is -2.07. The molecule has 0 atom stereocenters. The van der Waals surface area contributed by atoms with Gasteiger partial charge in [-0.05, 0) is 35.4 Å². The smallest absolute Gasteiger partial charge is 0.285 e. The summed E-state index contributed by atoms with van der Waals surface area (Å²) >= 11 is 0. The molecule has 1 aliphatic heterocycles. The molecule has 1 N–H and O–H groups in total. The number of hydroxylamine groups is 2. The summed E-state index contributed by atoms with van der Waals surface area (Å²) in [5, 5.41) is 7.71. The largest absolute Gasteiger partial charge is 0.400 e. The van der Waals surface area contributed by atoms with Crippen LogP contribution in [0, 0.1) is 5.82 Å². The molecule has 2 aromatic carbocycles. The predicted molar refractivity (Wildman–Crippen MR) is 77.5 cm³/mol. The number of aliphatic hydroxyl groups excluding tert-OH is 1.